The molecule has 5 rings (SSSR count). The van der Waals surface area contributed by atoms with Gasteiger partial charge in [0.25, 0.3) is 0 Å². The molecule has 2 aromatic carbocycles. The highest BCUT2D eigenvalue weighted by Crippen LogP contribution is 2.55. The van der Waals surface area contributed by atoms with E-state index in [0.717, 1.165) is 29.7 Å². The van der Waals surface area contributed by atoms with Crippen LogP contribution in [0.3, 0.4) is 0 Å². The molecule has 1 amide bonds. The third-order valence-electron chi connectivity index (χ3n) is 6.63. The van der Waals surface area contributed by atoms with Crippen LogP contribution in [0.4, 0.5) is 14.9 Å². The highest BCUT2D eigenvalue weighted by molar-refractivity contribution is 5.69. The predicted octanol–water partition coefficient (Wildman–Crippen LogP) is 4.70. The molecule has 4 nitrogen and oxygen atoms in total. The fraction of sp³-hybridized carbons (Fsp3) is 0.435. The van der Waals surface area contributed by atoms with Gasteiger partial charge in [-0.15, -0.1) is 0 Å². The summed E-state index contributed by atoms with van der Waals surface area (Å²) in [5, 5.41) is 3.61. The van der Waals surface area contributed by atoms with Gasteiger partial charge in [0.1, 0.15) is 12.4 Å². The summed E-state index contributed by atoms with van der Waals surface area (Å²) in [6, 6.07) is 15.3. The molecule has 1 aliphatic carbocycles. The number of nitrogens with one attached hydrogen (secondary N) is 1. The summed E-state index contributed by atoms with van der Waals surface area (Å²) >= 11 is 0. The molecule has 1 saturated carbocycles. The highest BCUT2D eigenvalue weighted by Gasteiger charge is 2.55. The van der Waals surface area contributed by atoms with E-state index in [0.29, 0.717) is 19.0 Å². The van der Waals surface area contributed by atoms with E-state index >= 15 is 0 Å². The van der Waals surface area contributed by atoms with E-state index in [-0.39, 0.29) is 30.0 Å². The zero-order valence-electron chi connectivity index (χ0n) is 15.9. The van der Waals surface area contributed by atoms with Crippen molar-refractivity contribution in [1.29, 1.82) is 0 Å². The van der Waals surface area contributed by atoms with E-state index in [4.69, 9.17) is 4.74 Å². The number of hydrogen-bond donors (Lipinski definition) is 1. The third-order valence-corrected chi connectivity index (χ3v) is 6.63. The summed E-state index contributed by atoms with van der Waals surface area (Å²) in [7, 11) is 0. The quantitative estimate of drug-likeness (QED) is 0.839. The summed E-state index contributed by atoms with van der Waals surface area (Å²) in [6.45, 7) is 1.49. The van der Waals surface area contributed by atoms with Gasteiger partial charge in [-0.3, -0.25) is 0 Å². The maximum atomic E-state index is 14.8. The Balaban J connectivity index is 1.30. The van der Waals surface area contributed by atoms with Crippen LogP contribution in [-0.2, 0) is 16.8 Å². The second kappa shape index (κ2) is 6.80. The summed E-state index contributed by atoms with van der Waals surface area (Å²) in [5.74, 6) is 0.497. The molecule has 0 bridgehead atoms. The Hall–Kier alpha value is -2.56. The summed E-state index contributed by atoms with van der Waals surface area (Å²) < 4.78 is 20.3. The van der Waals surface area contributed by atoms with Crippen molar-refractivity contribution in [3.05, 3.63) is 65.5 Å². The van der Waals surface area contributed by atoms with Gasteiger partial charge in [-0.25, -0.2) is 9.18 Å². The first-order valence-corrected chi connectivity index (χ1v) is 10.2. The lowest BCUT2D eigenvalue weighted by Crippen LogP contribution is -2.51. The van der Waals surface area contributed by atoms with E-state index in [1.807, 2.05) is 36.4 Å². The SMILES string of the molecule is O=C(OCc1ccccc1)N1CCC2(CC1)c1c(F)cccc1NC2C1CC1. The molecular formula is C23H25FN2O2. The summed E-state index contributed by atoms with van der Waals surface area (Å²) in [5.41, 5.74) is 2.55. The summed E-state index contributed by atoms with van der Waals surface area (Å²) in [4.78, 5) is 14.3. The first-order chi connectivity index (χ1) is 13.7. The molecule has 146 valence electrons. The smallest absolute Gasteiger partial charge is 0.410 e. The molecule has 5 heteroatoms. The molecule has 2 aliphatic heterocycles. The molecule has 1 spiro atoms. The normalized spacial score (nSPS) is 22.6. The van der Waals surface area contributed by atoms with Crippen LogP contribution in [0.1, 0.15) is 36.8 Å². The van der Waals surface area contributed by atoms with E-state index in [1.54, 1.807) is 17.0 Å². The molecule has 0 radical (unpaired) electrons. The molecule has 3 aliphatic rings. The van der Waals surface area contributed by atoms with Crippen molar-refractivity contribution in [3.63, 3.8) is 0 Å². The predicted molar refractivity (Wildman–Crippen MR) is 106 cm³/mol. The van der Waals surface area contributed by atoms with E-state index < -0.39 is 0 Å². The number of benzene rings is 2. The number of anilines is 1. The Morgan fingerprint density at radius 3 is 2.57 bits per heavy atom. The van der Waals surface area contributed by atoms with Crippen LogP contribution in [0.25, 0.3) is 0 Å². The molecular weight excluding hydrogens is 355 g/mol. The molecule has 1 saturated heterocycles. The number of nitrogens with zero attached hydrogens (tertiary/aromatic N) is 1. The fourth-order valence-electron chi connectivity index (χ4n) is 5.07. The standard InChI is InChI=1S/C23H25FN2O2/c24-18-7-4-8-19-20(18)23(21(25-19)17-9-10-17)11-13-26(14-12-23)22(27)28-15-16-5-2-1-3-6-16/h1-8,17,21,25H,9-15H2. The van der Waals surface area contributed by atoms with Gasteiger partial charge in [0.15, 0.2) is 0 Å². The largest absolute Gasteiger partial charge is 0.445 e. The van der Waals surface area contributed by atoms with Crippen LogP contribution < -0.4 is 5.32 Å². The number of rotatable bonds is 3. The van der Waals surface area contributed by atoms with E-state index in [1.165, 1.54) is 12.8 Å². The Labute approximate surface area is 164 Å². The number of carbonyl (C=O) groups is 1. The lowest BCUT2D eigenvalue weighted by molar-refractivity contribution is 0.0740. The van der Waals surface area contributed by atoms with Crippen LogP contribution in [0.2, 0.25) is 0 Å². The molecule has 2 aromatic rings. The van der Waals surface area contributed by atoms with Gasteiger partial charge in [-0.1, -0.05) is 36.4 Å². The lowest BCUT2D eigenvalue weighted by atomic mass is 9.68. The highest BCUT2D eigenvalue weighted by atomic mass is 19.1. The first-order valence-electron chi connectivity index (χ1n) is 10.2. The number of carbonyl (C=O) groups excluding carboxylic acids is 1. The maximum Gasteiger partial charge on any atom is 0.410 e. The molecule has 1 atom stereocenters. The number of halogens is 1. The molecule has 2 heterocycles. The van der Waals surface area contributed by atoms with Crippen LogP contribution in [0.5, 0.6) is 0 Å². The number of hydrogen-bond acceptors (Lipinski definition) is 3. The number of amides is 1. The molecule has 2 fully saturated rings. The van der Waals surface area contributed by atoms with Crippen molar-refractivity contribution in [2.75, 3.05) is 18.4 Å². The van der Waals surface area contributed by atoms with Gasteiger partial charge in [0.05, 0.1) is 0 Å². The van der Waals surface area contributed by atoms with Crippen molar-refractivity contribution in [1.82, 2.24) is 4.90 Å². The molecule has 1 unspecified atom stereocenters. The number of fused-ring (bicyclic) bond motifs is 2. The average molecular weight is 380 g/mol. The molecule has 0 aromatic heterocycles. The van der Waals surface area contributed by atoms with Crippen molar-refractivity contribution >= 4 is 11.8 Å². The van der Waals surface area contributed by atoms with E-state index in [2.05, 4.69) is 5.32 Å². The lowest BCUT2D eigenvalue weighted by Gasteiger charge is -2.43. The minimum absolute atomic E-state index is 0.117. The first kappa shape index (κ1) is 17.5. The van der Waals surface area contributed by atoms with E-state index in [9.17, 15) is 9.18 Å². The topological polar surface area (TPSA) is 41.6 Å². The van der Waals surface area contributed by atoms with Gasteiger partial charge in [-0.2, -0.15) is 0 Å². The van der Waals surface area contributed by atoms with Crippen molar-refractivity contribution < 1.29 is 13.9 Å². The Morgan fingerprint density at radius 2 is 1.86 bits per heavy atom. The number of piperidine rings is 1. The van der Waals surface area contributed by atoms with Crippen LogP contribution in [0, 0.1) is 11.7 Å². The average Bonchev–Trinajstić information content (AvgIpc) is 3.52. The Morgan fingerprint density at radius 1 is 1.11 bits per heavy atom. The van der Waals surface area contributed by atoms with Crippen molar-refractivity contribution in [2.24, 2.45) is 5.92 Å². The van der Waals surface area contributed by atoms with Crippen LogP contribution in [0.15, 0.2) is 48.5 Å². The monoisotopic (exact) mass is 380 g/mol. The van der Waals surface area contributed by atoms with Crippen molar-refractivity contribution in [2.45, 2.75) is 43.7 Å². The second-order valence-electron chi connectivity index (χ2n) is 8.31. The van der Waals surface area contributed by atoms with Crippen molar-refractivity contribution in [3.8, 4) is 0 Å². The van der Waals surface area contributed by atoms with Gasteiger partial charge >= 0.3 is 6.09 Å². The molecule has 28 heavy (non-hydrogen) atoms. The van der Waals surface area contributed by atoms with Gasteiger partial charge in [-0.05, 0) is 49.3 Å². The zero-order chi connectivity index (χ0) is 19.1. The second-order valence-corrected chi connectivity index (χ2v) is 8.31. The third kappa shape index (κ3) is 2.93. The molecule has 1 N–H and O–H groups in total. The zero-order valence-corrected chi connectivity index (χ0v) is 15.9. The number of likely N-dealkylation sites (tertiary alicyclic amines) is 1. The van der Waals surface area contributed by atoms with Gasteiger partial charge < -0.3 is 15.0 Å². The maximum absolute atomic E-state index is 14.8. The van der Waals surface area contributed by atoms with Crippen LogP contribution in [-0.4, -0.2) is 30.1 Å². The Bertz CT molecular complexity index is 873. The minimum atomic E-state index is -0.276. The minimum Gasteiger partial charge on any atom is -0.445 e. The Kier molecular flexibility index (Phi) is 4.26. The fourth-order valence-corrected chi connectivity index (χ4v) is 5.07. The van der Waals surface area contributed by atoms with Gasteiger partial charge in [0.2, 0.25) is 0 Å². The summed E-state index contributed by atoms with van der Waals surface area (Å²) in [6.07, 6.45) is 3.68. The van der Waals surface area contributed by atoms with Crippen LogP contribution >= 0.6 is 0 Å². The number of ether oxygens (including phenoxy) is 1. The van der Waals surface area contributed by atoms with Gasteiger partial charge in [0, 0.05) is 35.8 Å².